The summed E-state index contributed by atoms with van der Waals surface area (Å²) < 4.78 is 28.8. The third-order valence-corrected chi connectivity index (χ3v) is 7.57. The molecule has 0 unspecified atom stereocenters. The number of anilines is 1. The molecule has 1 heterocycles. The third-order valence-electron chi connectivity index (χ3n) is 5.31. The van der Waals surface area contributed by atoms with Crippen molar-refractivity contribution in [2.24, 2.45) is 13.0 Å². The fraction of sp³-hybridized carbons (Fsp3) is 0.632. The van der Waals surface area contributed by atoms with Gasteiger partial charge in [-0.25, -0.2) is 18.1 Å². The molecule has 0 spiro atoms. The zero-order valence-corrected chi connectivity index (χ0v) is 16.9. The smallest absolute Gasteiger partial charge is 0.216 e. The van der Waals surface area contributed by atoms with Gasteiger partial charge in [0, 0.05) is 19.6 Å². The molecule has 6 nitrogen and oxygen atoms in total. The number of aromatic nitrogens is 2. The maximum absolute atomic E-state index is 12.3. The molecule has 1 saturated carbocycles. The lowest BCUT2D eigenvalue weighted by atomic mass is 9.86. The van der Waals surface area contributed by atoms with Gasteiger partial charge in [-0.1, -0.05) is 12.1 Å². The number of imidazole rings is 1. The van der Waals surface area contributed by atoms with Crippen molar-refractivity contribution in [1.82, 2.24) is 14.3 Å². The predicted molar refractivity (Wildman–Crippen MR) is 107 cm³/mol. The molecule has 1 aromatic carbocycles. The van der Waals surface area contributed by atoms with Crippen LogP contribution in [-0.2, 0) is 17.1 Å². The van der Waals surface area contributed by atoms with E-state index in [0.717, 1.165) is 49.2 Å². The summed E-state index contributed by atoms with van der Waals surface area (Å²) in [5.41, 5.74) is 2.12. The second kappa shape index (κ2) is 7.19. The summed E-state index contributed by atoms with van der Waals surface area (Å²) in [5.74, 6) is 1.44. The molecule has 1 aliphatic carbocycles. The van der Waals surface area contributed by atoms with Crippen molar-refractivity contribution in [3.63, 3.8) is 0 Å². The highest BCUT2D eigenvalue weighted by molar-refractivity contribution is 7.90. The minimum Gasteiger partial charge on any atom is -0.355 e. The van der Waals surface area contributed by atoms with Gasteiger partial charge in [-0.05, 0) is 64.5 Å². The molecule has 1 fully saturated rings. The maximum Gasteiger partial charge on any atom is 0.216 e. The minimum atomic E-state index is -3.27. The summed E-state index contributed by atoms with van der Waals surface area (Å²) in [6, 6.07) is 8.17. The lowest BCUT2D eigenvalue weighted by Crippen LogP contribution is -2.46. The topological polar surface area (TPSA) is 76.0 Å². The Labute approximate surface area is 156 Å². The van der Waals surface area contributed by atoms with Crippen LogP contribution < -0.4 is 10.0 Å². The summed E-state index contributed by atoms with van der Waals surface area (Å²) in [7, 11) is -1.25. The van der Waals surface area contributed by atoms with Gasteiger partial charge in [0.15, 0.2) is 0 Å². The third kappa shape index (κ3) is 4.04. The molecule has 0 radical (unpaired) electrons. The molecule has 7 heteroatoms. The van der Waals surface area contributed by atoms with Crippen LogP contribution in [0.25, 0.3) is 11.0 Å². The van der Waals surface area contributed by atoms with Gasteiger partial charge >= 0.3 is 0 Å². The molecule has 26 heavy (non-hydrogen) atoms. The van der Waals surface area contributed by atoms with Crippen molar-refractivity contribution < 1.29 is 8.42 Å². The molecule has 3 rings (SSSR count). The predicted octanol–water partition coefficient (Wildman–Crippen LogP) is 3.26. The van der Waals surface area contributed by atoms with Gasteiger partial charge in [0.2, 0.25) is 16.0 Å². The average Bonchev–Trinajstić information content (AvgIpc) is 2.89. The highest BCUT2D eigenvalue weighted by Gasteiger charge is 2.32. The van der Waals surface area contributed by atoms with Gasteiger partial charge < -0.3 is 9.88 Å². The van der Waals surface area contributed by atoms with Crippen molar-refractivity contribution >= 4 is 27.0 Å². The van der Waals surface area contributed by atoms with Gasteiger partial charge in [-0.15, -0.1) is 0 Å². The van der Waals surface area contributed by atoms with E-state index in [-0.39, 0.29) is 6.04 Å². The van der Waals surface area contributed by atoms with Crippen LogP contribution in [0.1, 0.15) is 46.5 Å². The zero-order valence-electron chi connectivity index (χ0n) is 16.1. The van der Waals surface area contributed by atoms with E-state index >= 15 is 0 Å². The van der Waals surface area contributed by atoms with Gasteiger partial charge in [-0.2, -0.15) is 0 Å². The number of hydrogen-bond acceptors (Lipinski definition) is 4. The van der Waals surface area contributed by atoms with Crippen LogP contribution >= 0.6 is 0 Å². The van der Waals surface area contributed by atoms with Crippen molar-refractivity contribution in [2.75, 3.05) is 11.9 Å². The Kier molecular flexibility index (Phi) is 5.30. The number of rotatable bonds is 5. The Balaban J connectivity index is 1.52. The zero-order chi connectivity index (χ0) is 18.9. The van der Waals surface area contributed by atoms with Crippen LogP contribution in [-0.4, -0.2) is 35.3 Å². The SMILES string of the molecule is Cn1c(NC[C@H]2CC[C@H](NS(=O)(=O)C(C)(C)C)CC2)nc2ccccc21. The normalized spacial score (nSPS) is 21.8. The van der Waals surface area contributed by atoms with Gasteiger partial charge in [-0.3, -0.25) is 0 Å². The van der Waals surface area contributed by atoms with E-state index in [0.29, 0.717) is 5.92 Å². The van der Waals surface area contributed by atoms with Gasteiger partial charge in [0.05, 0.1) is 15.8 Å². The first-order valence-corrected chi connectivity index (χ1v) is 10.8. The molecule has 144 valence electrons. The number of benzene rings is 1. The molecule has 0 bridgehead atoms. The maximum atomic E-state index is 12.3. The van der Waals surface area contributed by atoms with Crippen molar-refractivity contribution in [1.29, 1.82) is 0 Å². The van der Waals surface area contributed by atoms with Gasteiger partial charge in [0.1, 0.15) is 0 Å². The van der Waals surface area contributed by atoms with Crippen LogP contribution in [0.2, 0.25) is 0 Å². The number of para-hydroxylation sites is 2. The van der Waals surface area contributed by atoms with Crippen molar-refractivity contribution in [2.45, 2.75) is 57.2 Å². The summed E-state index contributed by atoms with van der Waals surface area (Å²) >= 11 is 0. The van der Waals surface area contributed by atoms with E-state index in [1.807, 2.05) is 25.2 Å². The molecule has 2 aromatic rings. The number of fused-ring (bicyclic) bond motifs is 1. The Morgan fingerprint density at radius 2 is 1.81 bits per heavy atom. The summed E-state index contributed by atoms with van der Waals surface area (Å²) in [6.45, 7) is 6.08. The summed E-state index contributed by atoms with van der Waals surface area (Å²) in [5, 5.41) is 3.47. The second-order valence-electron chi connectivity index (χ2n) is 8.32. The number of nitrogens with zero attached hydrogens (tertiary/aromatic N) is 2. The fourth-order valence-corrected chi connectivity index (χ4v) is 4.45. The van der Waals surface area contributed by atoms with Crippen LogP contribution in [0.3, 0.4) is 0 Å². The lowest BCUT2D eigenvalue weighted by Gasteiger charge is -2.31. The van der Waals surface area contributed by atoms with Crippen LogP contribution in [0.15, 0.2) is 24.3 Å². The summed E-state index contributed by atoms with van der Waals surface area (Å²) in [6.07, 6.45) is 3.83. The van der Waals surface area contributed by atoms with Crippen molar-refractivity contribution in [3.8, 4) is 0 Å². The van der Waals surface area contributed by atoms with Crippen LogP contribution in [0, 0.1) is 5.92 Å². The first-order valence-electron chi connectivity index (χ1n) is 9.34. The van der Waals surface area contributed by atoms with E-state index in [1.165, 1.54) is 0 Å². The number of hydrogen-bond donors (Lipinski definition) is 2. The Morgan fingerprint density at radius 3 is 2.42 bits per heavy atom. The Morgan fingerprint density at radius 1 is 1.15 bits per heavy atom. The van der Waals surface area contributed by atoms with Crippen molar-refractivity contribution in [3.05, 3.63) is 24.3 Å². The standard InChI is InChI=1S/C19H30N4O2S/c1-19(2,3)26(24,25)22-15-11-9-14(10-12-15)13-20-18-21-16-7-5-6-8-17(16)23(18)4/h5-8,14-15,22H,9-13H2,1-4H3,(H,20,21)/t14-,15-. The molecular weight excluding hydrogens is 348 g/mol. The first-order chi connectivity index (χ1) is 12.2. The number of sulfonamides is 1. The molecular formula is C19H30N4O2S. The van der Waals surface area contributed by atoms with E-state index in [2.05, 4.69) is 25.7 Å². The Bertz CT molecular complexity index is 859. The van der Waals surface area contributed by atoms with E-state index in [9.17, 15) is 8.42 Å². The highest BCUT2D eigenvalue weighted by Crippen LogP contribution is 2.27. The van der Waals surface area contributed by atoms with Crippen LogP contribution in [0.4, 0.5) is 5.95 Å². The molecule has 1 aliphatic rings. The quantitative estimate of drug-likeness (QED) is 0.837. The first kappa shape index (κ1) is 19.2. The molecule has 1 aromatic heterocycles. The fourth-order valence-electron chi connectivity index (χ4n) is 3.42. The average molecular weight is 379 g/mol. The molecule has 0 amide bonds. The minimum absolute atomic E-state index is 0.0613. The van der Waals surface area contributed by atoms with E-state index in [4.69, 9.17) is 0 Å². The van der Waals surface area contributed by atoms with E-state index < -0.39 is 14.8 Å². The number of aryl methyl sites for hydroxylation is 1. The Hall–Kier alpha value is -1.60. The van der Waals surface area contributed by atoms with Crippen LogP contribution in [0.5, 0.6) is 0 Å². The molecule has 0 saturated heterocycles. The molecule has 0 aliphatic heterocycles. The largest absolute Gasteiger partial charge is 0.355 e. The lowest BCUT2D eigenvalue weighted by molar-refractivity contribution is 0.322. The summed E-state index contributed by atoms with van der Waals surface area (Å²) in [4.78, 5) is 4.65. The van der Waals surface area contributed by atoms with Gasteiger partial charge in [0.25, 0.3) is 0 Å². The second-order valence-corrected chi connectivity index (χ2v) is 10.8. The highest BCUT2D eigenvalue weighted by atomic mass is 32.2. The molecule has 2 N–H and O–H groups in total. The number of nitrogens with one attached hydrogen (secondary N) is 2. The molecule has 0 atom stereocenters. The monoisotopic (exact) mass is 378 g/mol. The van der Waals surface area contributed by atoms with E-state index in [1.54, 1.807) is 20.8 Å².